The average molecular weight is 572 g/mol. The van der Waals surface area contributed by atoms with Gasteiger partial charge in [0, 0.05) is 22.6 Å². The van der Waals surface area contributed by atoms with Crippen molar-refractivity contribution in [3.8, 4) is 5.75 Å². The molecular weight excluding hydrogens is 518 g/mol. The Morgan fingerprint density at radius 1 is 0.732 bits per heavy atom. The van der Waals surface area contributed by atoms with E-state index in [4.69, 9.17) is 25.7 Å². The number of hydrogen-bond acceptors (Lipinski definition) is 8. The van der Waals surface area contributed by atoms with Crippen molar-refractivity contribution in [2.75, 3.05) is 32.8 Å². The number of allylic oxidation sites excluding steroid dienone is 2. The van der Waals surface area contributed by atoms with E-state index in [1.165, 1.54) is 85.5 Å². The van der Waals surface area contributed by atoms with Crippen LogP contribution in [0.25, 0.3) is 0 Å². The average Bonchev–Trinajstić information content (AvgIpc) is 2.95. The van der Waals surface area contributed by atoms with Crippen molar-refractivity contribution in [1.29, 1.82) is 0 Å². The number of anilines is 2. The van der Waals surface area contributed by atoms with Gasteiger partial charge in [-0.05, 0) is 38.3 Å². The lowest BCUT2D eigenvalue weighted by Gasteiger charge is -2.33. The van der Waals surface area contributed by atoms with E-state index in [0.717, 1.165) is 24.8 Å². The van der Waals surface area contributed by atoms with Gasteiger partial charge in [0.05, 0.1) is 44.1 Å². The zero-order valence-electron chi connectivity index (χ0n) is 26.3. The number of rotatable bonds is 18. The van der Waals surface area contributed by atoms with Crippen LogP contribution in [-0.2, 0) is 25.5 Å². The quantitative estimate of drug-likeness (QED) is 0.0970. The van der Waals surface area contributed by atoms with E-state index in [0.29, 0.717) is 51.6 Å². The summed E-state index contributed by atoms with van der Waals surface area (Å²) >= 11 is 0. The molecule has 1 aliphatic rings. The Bertz CT molecular complexity index is 1050. The highest BCUT2D eigenvalue weighted by molar-refractivity contribution is 6.00. The number of unbranched alkanes of at least 4 members (excludes halogenated alkanes) is 12. The first-order valence-corrected chi connectivity index (χ1v) is 15.3. The number of carbonyl (C=O) groups is 2. The first-order valence-electron chi connectivity index (χ1n) is 15.3. The van der Waals surface area contributed by atoms with Crippen LogP contribution in [0.2, 0.25) is 0 Å². The molecule has 1 aliphatic heterocycles. The number of ether oxygens (including phenoxy) is 3. The predicted octanol–water partition coefficient (Wildman–Crippen LogP) is 7.07. The molecule has 0 radical (unpaired) electrons. The molecule has 8 heteroatoms. The Kier molecular flexibility index (Phi) is 14.6. The van der Waals surface area contributed by atoms with Gasteiger partial charge in [-0.2, -0.15) is 0 Å². The summed E-state index contributed by atoms with van der Waals surface area (Å²) in [5, 5.41) is 3.15. The lowest BCUT2D eigenvalue weighted by molar-refractivity contribution is -0.137. The predicted molar refractivity (Wildman–Crippen MR) is 167 cm³/mol. The second-order valence-electron chi connectivity index (χ2n) is 11.1. The number of dihydropyridines is 1. The van der Waals surface area contributed by atoms with Crippen molar-refractivity contribution in [3.63, 3.8) is 0 Å². The van der Waals surface area contributed by atoms with Crippen LogP contribution in [0.5, 0.6) is 5.75 Å². The molecular formula is C33H53N3O5. The summed E-state index contributed by atoms with van der Waals surface area (Å²) in [6.07, 6.45) is 17.1. The van der Waals surface area contributed by atoms with E-state index in [1.54, 1.807) is 19.9 Å². The van der Waals surface area contributed by atoms with Gasteiger partial charge in [0.15, 0.2) is 0 Å². The van der Waals surface area contributed by atoms with E-state index in [2.05, 4.69) is 12.2 Å². The minimum Gasteiger partial charge on any atom is -0.494 e. The van der Waals surface area contributed by atoms with Crippen molar-refractivity contribution >= 4 is 23.3 Å². The molecule has 0 saturated heterocycles. The smallest absolute Gasteiger partial charge is 0.336 e. The second-order valence-corrected chi connectivity index (χ2v) is 11.1. The molecule has 0 spiro atoms. The number of esters is 2. The Balaban J connectivity index is 2.21. The fraction of sp³-hybridized carbons (Fsp3) is 0.636. The third kappa shape index (κ3) is 9.17. The van der Waals surface area contributed by atoms with Crippen molar-refractivity contribution in [2.45, 2.75) is 117 Å². The van der Waals surface area contributed by atoms with Crippen LogP contribution in [-0.4, -0.2) is 33.3 Å². The number of carbonyl (C=O) groups excluding carboxylic acids is 2. The van der Waals surface area contributed by atoms with Gasteiger partial charge in [-0.15, -0.1) is 0 Å². The zero-order chi connectivity index (χ0) is 30.4. The molecule has 1 heterocycles. The van der Waals surface area contributed by atoms with Crippen LogP contribution in [0, 0.1) is 0 Å². The summed E-state index contributed by atoms with van der Waals surface area (Å²) in [6, 6.07) is 1.70. The van der Waals surface area contributed by atoms with Gasteiger partial charge in [0.25, 0.3) is 0 Å². The number of nitrogens with two attached hydrogens (primary N) is 2. The molecule has 5 N–H and O–H groups in total. The Morgan fingerprint density at radius 2 is 1.17 bits per heavy atom. The highest BCUT2D eigenvalue weighted by Gasteiger charge is 2.41. The molecule has 0 bridgehead atoms. The van der Waals surface area contributed by atoms with Crippen LogP contribution < -0.4 is 21.5 Å². The fourth-order valence-corrected chi connectivity index (χ4v) is 5.94. The first-order chi connectivity index (χ1) is 19.7. The van der Waals surface area contributed by atoms with Gasteiger partial charge >= 0.3 is 11.9 Å². The molecule has 8 nitrogen and oxygen atoms in total. The normalized spacial score (nSPS) is 13.8. The fourth-order valence-electron chi connectivity index (χ4n) is 5.94. The van der Waals surface area contributed by atoms with Crippen LogP contribution in [0.3, 0.4) is 0 Å². The molecule has 0 aliphatic carbocycles. The van der Waals surface area contributed by atoms with Crippen molar-refractivity contribution < 1.29 is 23.8 Å². The molecule has 230 valence electrons. The van der Waals surface area contributed by atoms with Gasteiger partial charge in [0.2, 0.25) is 0 Å². The highest BCUT2D eigenvalue weighted by atomic mass is 16.5. The Labute approximate surface area is 247 Å². The van der Waals surface area contributed by atoms with E-state index >= 15 is 0 Å². The van der Waals surface area contributed by atoms with Crippen LogP contribution in [0.4, 0.5) is 11.4 Å². The first kappa shape index (κ1) is 34.0. The molecule has 1 aromatic carbocycles. The Hall–Kier alpha value is -3.16. The maximum Gasteiger partial charge on any atom is 0.336 e. The van der Waals surface area contributed by atoms with Crippen molar-refractivity contribution in [1.82, 2.24) is 5.32 Å². The summed E-state index contributed by atoms with van der Waals surface area (Å²) < 4.78 is 16.1. The minimum atomic E-state index is -0.811. The molecule has 41 heavy (non-hydrogen) atoms. The molecule has 1 aromatic rings. The maximum absolute atomic E-state index is 13.1. The van der Waals surface area contributed by atoms with Crippen LogP contribution >= 0.6 is 0 Å². The zero-order valence-corrected chi connectivity index (χ0v) is 26.3. The molecule has 0 unspecified atom stereocenters. The van der Waals surface area contributed by atoms with E-state index in [1.807, 2.05) is 0 Å². The minimum absolute atomic E-state index is 0.299. The second kappa shape index (κ2) is 17.6. The molecule has 0 atom stereocenters. The van der Waals surface area contributed by atoms with Crippen molar-refractivity contribution in [2.24, 2.45) is 0 Å². The summed E-state index contributed by atoms with van der Waals surface area (Å²) in [5.74, 6) is -1.51. The monoisotopic (exact) mass is 571 g/mol. The maximum atomic E-state index is 13.1. The molecule has 0 amide bonds. The van der Waals surface area contributed by atoms with Gasteiger partial charge < -0.3 is 31.0 Å². The van der Waals surface area contributed by atoms with Gasteiger partial charge in [-0.3, -0.25) is 0 Å². The molecule has 0 aromatic heterocycles. The highest BCUT2D eigenvalue weighted by Crippen LogP contribution is 2.48. The SMILES string of the molecule is CCCCCCCCCCCCCCCc1c(N)cc(N)c(OC)c1C1C(C(=O)OC)=C(C)NC(C)=C1C(=O)OC. The van der Waals surface area contributed by atoms with E-state index in [-0.39, 0.29) is 0 Å². The summed E-state index contributed by atoms with van der Waals surface area (Å²) in [6.45, 7) is 5.82. The van der Waals surface area contributed by atoms with Gasteiger partial charge in [-0.1, -0.05) is 84.0 Å². The summed E-state index contributed by atoms with van der Waals surface area (Å²) in [7, 11) is 4.18. The lowest BCUT2D eigenvalue weighted by Crippen LogP contribution is -2.33. The standard InChI is InChI=1S/C33H53N3O5/c1-7-8-9-10-11-12-13-14-15-16-17-18-19-20-24-25(34)21-26(35)31(39-4)29(24)30-27(32(37)40-5)22(2)36-23(3)28(30)33(38)41-6/h21,30,36H,7-20,34-35H2,1-6H3. The number of hydrogen-bond donors (Lipinski definition) is 3. The van der Waals surface area contributed by atoms with E-state index in [9.17, 15) is 9.59 Å². The third-order valence-corrected chi connectivity index (χ3v) is 8.09. The number of nitrogens with one attached hydrogen (secondary N) is 1. The van der Waals surface area contributed by atoms with Gasteiger partial charge in [-0.25, -0.2) is 9.59 Å². The number of benzene rings is 1. The van der Waals surface area contributed by atoms with Crippen LogP contribution in [0.15, 0.2) is 28.6 Å². The van der Waals surface area contributed by atoms with Gasteiger partial charge in [0.1, 0.15) is 5.75 Å². The number of nitrogen functional groups attached to an aromatic ring is 2. The largest absolute Gasteiger partial charge is 0.494 e. The lowest BCUT2D eigenvalue weighted by atomic mass is 9.76. The molecule has 0 saturated carbocycles. The van der Waals surface area contributed by atoms with Crippen LogP contribution in [0.1, 0.15) is 121 Å². The summed E-state index contributed by atoms with van der Waals surface area (Å²) in [5.41, 5.74) is 17.0. The third-order valence-electron chi connectivity index (χ3n) is 8.09. The molecule has 0 fully saturated rings. The summed E-state index contributed by atoms with van der Waals surface area (Å²) in [4.78, 5) is 26.2. The van der Waals surface area contributed by atoms with E-state index < -0.39 is 17.9 Å². The number of methoxy groups -OCH3 is 3. The Morgan fingerprint density at radius 3 is 1.59 bits per heavy atom. The molecule has 2 rings (SSSR count). The topological polar surface area (TPSA) is 126 Å². The van der Waals surface area contributed by atoms with Crippen molar-refractivity contribution in [3.05, 3.63) is 39.7 Å².